The smallest absolute Gasteiger partial charge is 0.289 e. The van der Waals surface area contributed by atoms with Gasteiger partial charge in [-0.3, -0.25) is 9.59 Å². The molecule has 0 unspecified atom stereocenters. The normalized spacial score (nSPS) is 15.4. The molecule has 2 amide bonds. The first-order chi connectivity index (χ1) is 9.75. The molecule has 7 nitrogen and oxygen atoms in total. The molecule has 0 atom stereocenters. The van der Waals surface area contributed by atoms with Crippen LogP contribution in [0.1, 0.15) is 21.0 Å². The fourth-order valence-electron chi connectivity index (χ4n) is 2.15. The van der Waals surface area contributed by atoms with Crippen LogP contribution in [0.5, 0.6) is 0 Å². The lowest BCUT2D eigenvalue weighted by molar-refractivity contribution is 0.0515. The minimum Gasteiger partial charge on any atom is -0.459 e. The molecule has 0 N–H and O–H groups in total. The highest BCUT2D eigenvalue weighted by Gasteiger charge is 2.27. The van der Waals surface area contributed by atoms with Gasteiger partial charge < -0.3 is 18.6 Å². The molecule has 0 aliphatic carbocycles. The van der Waals surface area contributed by atoms with E-state index < -0.39 is 0 Å². The van der Waals surface area contributed by atoms with Crippen molar-refractivity contribution >= 4 is 11.8 Å². The van der Waals surface area contributed by atoms with Gasteiger partial charge in [0.05, 0.1) is 6.26 Å². The third kappa shape index (κ3) is 2.29. The van der Waals surface area contributed by atoms with Crippen LogP contribution in [-0.4, -0.2) is 52.8 Å². The summed E-state index contributed by atoms with van der Waals surface area (Å²) >= 11 is 0. The third-order valence-electron chi connectivity index (χ3n) is 3.24. The molecule has 1 aliphatic rings. The minimum absolute atomic E-state index is 0.150. The van der Waals surface area contributed by atoms with E-state index in [1.807, 2.05) is 0 Å². The lowest BCUT2D eigenvalue weighted by Gasteiger charge is -2.33. The Hall–Kier alpha value is -2.57. The fourth-order valence-corrected chi connectivity index (χ4v) is 2.15. The zero-order valence-electron chi connectivity index (χ0n) is 10.7. The maximum Gasteiger partial charge on any atom is 0.289 e. The number of hydrogen-bond donors (Lipinski definition) is 0. The van der Waals surface area contributed by atoms with Crippen LogP contribution < -0.4 is 0 Å². The van der Waals surface area contributed by atoms with Crippen LogP contribution in [0.25, 0.3) is 0 Å². The van der Waals surface area contributed by atoms with Gasteiger partial charge in [-0.05, 0) is 12.1 Å². The molecule has 2 aromatic heterocycles. The third-order valence-corrected chi connectivity index (χ3v) is 3.24. The van der Waals surface area contributed by atoms with Gasteiger partial charge in [0.2, 0.25) is 0 Å². The zero-order valence-corrected chi connectivity index (χ0v) is 10.7. The standard InChI is InChI=1S/C13H13N3O4/c17-12(10-8-19-9-14-10)15-3-5-16(6-4-15)13(18)11-2-1-7-20-11/h1-2,7-9H,3-6H2. The van der Waals surface area contributed by atoms with Gasteiger partial charge in [0.15, 0.2) is 17.8 Å². The maximum atomic E-state index is 12.1. The van der Waals surface area contributed by atoms with Crippen molar-refractivity contribution in [2.24, 2.45) is 0 Å². The van der Waals surface area contributed by atoms with Crippen molar-refractivity contribution in [1.29, 1.82) is 0 Å². The second-order valence-corrected chi connectivity index (χ2v) is 4.44. The number of hydrogen-bond acceptors (Lipinski definition) is 5. The average molecular weight is 275 g/mol. The molecule has 1 saturated heterocycles. The lowest BCUT2D eigenvalue weighted by Crippen LogP contribution is -2.50. The Balaban J connectivity index is 1.60. The van der Waals surface area contributed by atoms with E-state index in [0.717, 1.165) is 0 Å². The summed E-state index contributed by atoms with van der Waals surface area (Å²) in [6, 6.07) is 3.31. The van der Waals surface area contributed by atoms with Gasteiger partial charge in [-0.1, -0.05) is 0 Å². The van der Waals surface area contributed by atoms with Crippen LogP contribution in [0.2, 0.25) is 0 Å². The van der Waals surface area contributed by atoms with Crippen molar-refractivity contribution in [3.8, 4) is 0 Å². The van der Waals surface area contributed by atoms with Crippen molar-refractivity contribution in [2.45, 2.75) is 0 Å². The number of carbonyl (C=O) groups excluding carboxylic acids is 2. The Morgan fingerprint density at radius 3 is 2.35 bits per heavy atom. The number of nitrogens with zero attached hydrogens (tertiary/aromatic N) is 3. The number of piperazine rings is 1. The molecule has 0 radical (unpaired) electrons. The monoisotopic (exact) mass is 275 g/mol. The quantitative estimate of drug-likeness (QED) is 0.812. The highest BCUT2D eigenvalue weighted by atomic mass is 16.3. The average Bonchev–Trinajstić information content (AvgIpc) is 3.18. The van der Waals surface area contributed by atoms with Crippen LogP contribution in [-0.2, 0) is 0 Å². The molecule has 1 aliphatic heterocycles. The Morgan fingerprint density at radius 2 is 1.80 bits per heavy atom. The van der Waals surface area contributed by atoms with Gasteiger partial charge in [0.1, 0.15) is 6.26 Å². The molecular formula is C13H13N3O4. The van der Waals surface area contributed by atoms with Crippen molar-refractivity contribution in [3.63, 3.8) is 0 Å². The van der Waals surface area contributed by atoms with Crippen LogP contribution in [0.3, 0.4) is 0 Å². The molecule has 0 aromatic carbocycles. The molecule has 104 valence electrons. The number of carbonyl (C=O) groups is 2. The van der Waals surface area contributed by atoms with Gasteiger partial charge in [0.25, 0.3) is 11.8 Å². The summed E-state index contributed by atoms with van der Waals surface area (Å²) in [4.78, 5) is 31.3. The van der Waals surface area contributed by atoms with E-state index in [1.165, 1.54) is 18.9 Å². The second-order valence-electron chi connectivity index (χ2n) is 4.44. The Bertz CT molecular complexity index is 529. The molecule has 7 heteroatoms. The van der Waals surface area contributed by atoms with E-state index >= 15 is 0 Å². The highest BCUT2D eigenvalue weighted by Crippen LogP contribution is 2.11. The summed E-state index contributed by atoms with van der Waals surface area (Å²) < 4.78 is 9.89. The van der Waals surface area contributed by atoms with Crippen LogP contribution in [0.15, 0.2) is 39.9 Å². The Kier molecular flexibility index (Phi) is 3.24. The molecular weight excluding hydrogens is 262 g/mol. The molecule has 0 spiro atoms. The molecule has 2 aromatic rings. The van der Waals surface area contributed by atoms with Crippen LogP contribution in [0.4, 0.5) is 0 Å². The first kappa shape index (κ1) is 12.5. The van der Waals surface area contributed by atoms with Crippen LogP contribution in [0, 0.1) is 0 Å². The first-order valence-corrected chi connectivity index (χ1v) is 6.26. The molecule has 1 fully saturated rings. The second kappa shape index (κ2) is 5.20. The molecule has 0 bridgehead atoms. The number of amides is 2. The van der Waals surface area contributed by atoms with Crippen LogP contribution >= 0.6 is 0 Å². The number of rotatable bonds is 2. The molecule has 3 rings (SSSR count). The van der Waals surface area contributed by atoms with Crippen molar-refractivity contribution in [2.75, 3.05) is 26.2 Å². The Morgan fingerprint density at radius 1 is 1.10 bits per heavy atom. The topological polar surface area (TPSA) is 79.8 Å². The predicted octanol–water partition coefficient (Wildman–Crippen LogP) is 0.866. The van der Waals surface area contributed by atoms with Gasteiger partial charge in [-0.25, -0.2) is 4.98 Å². The van der Waals surface area contributed by atoms with E-state index in [1.54, 1.807) is 21.9 Å². The number of furan rings is 1. The van der Waals surface area contributed by atoms with E-state index in [9.17, 15) is 9.59 Å². The summed E-state index contributed by atoms with van der Waals surface area (Å²) in [6.45, 7) is 1.89. The first-order valence-electron chi connectivity index (χ1n) is 6.26. The van der Waals surface area contributed by atoms with E-state index in [2.05, 4.69) is 4.98 Å². The molecule has 0 saturated carbocycles. The van der Waals surface area contributed by atoms with Gasteiger partial charge in [0, 0.05) is 26.2 Å². The number of aromatic nitrogens is 1. The minimum atomic E-state index is -0.177. The summed E-state index contributed by atoms with van der Waals surface area (Å²) in [5.74, 6) is -0.00587. The molecule has 20 heavy (non-hydrogen) atoms. The fraction of sp³-hybridized carbons (Fsp3) is 0.308. The van der Waals surface area contributed by atoms with Gasteiger partial charge >= 0.3 is 0 Å². The van der Waals surface area contributed by atoms with Gasteiger partial charge in [-0.2, -0.15) is 0 Å². The van der Waals surface area contributed by atoms with Gasteiger partial charge in [-0.15, -0.1) is 0 Å². The largest absolute Gasteiger partial charge is 0.459 e. The van der Waals surface area contributed by atoms with E-state index in [-0.39, 0.29) is 17.5 Å². The van der Waals surface area contributed by atoms with Crippen molar-refractivity contribution < 1.29 is 18.4 Å². The lowest BCUT2D eigenvalue weighted by atomic mass is 10.2. The van der Waals surface area contributed by atoms with Crippen molar-refractivity contribution in [3.05, 3.63) is 42.5 Å². The summed E-state index contributed by atoms with van der Waals surface area (Å²) in [5.41, 5.74) is 0.288. The predicted molar refractivity (Wildman–Crippen MR) is 67.0 cm³/mol. The van der Waals surface area contributed by atoms with Crippen molar-refractivity contribution in [1.82, 2.24) is 14.8 Å². The van der Waals surface area contributed by atoms with E-state index in [4.69, 9.17) is 8.83 Å². The summed E-state index contributed by atoms with van der Waals surface area (Å²) in [7, 11) is 0. The summed E-state index contributed by atoms with van der Waals surface area (Å²) in [5, 5.41) is 0. The zero-order chi connectivity index (χ0) is 13.9. The number of oxazole rings is 1. The SMILES string of the molecule is O=C(c1cocn1)N1CCN(C(=O)c2ccco2)CC1. The summed E-state index contributed by atoms with van der Waals surface area (Å²) in [6.07, 6.45) is 4.02. The maximum absolute atomic E-state index is 12.1. The highest BCUT2D eigenvalue weighted by molar-refractivity contribution is 5.93. The van der Waals surface area contributed by atoms with E-state index in [0.29, 0.717) is 31.9 Å². The molecule has 3 heterocycles. The Labute approximate surface area is 114 Å².